The Bertz CT molecular complexity index is 916. The second-order valence-corrected chi connectivity index (χ2v) is 8.86. The molecule has 2 fully saturated rings. The van der Waals surface area contributed by atoms with Gasteiger partial charge in [-0.05, 0) is 44.7 Å². The SMILES string of the molecule is CC(c1nc(-c2cccc(C(F)(F)F)c2)no1)N1CCC(NC(=O)C2CCCCC2)CC1. The fourth-order valence-corrected chi connectivity index (χ4v) is 4.63. The number of carbonyl (C=O) groups excluding carboxylic acids is 1. The number of benzene rings is 1. The maximum absolute atomic E-state index is 13.0. The topological polar surface area (TPSA) is 71.3 Å². The highest BCUT2D eigenvalue weighted by Gasteiger charge is 2.32. The number of halogens is 3. The lowest BCUT2D eigenvalue weighted by atomic mass is 9.88. The molecule has 1 saturated carbocycles. The van der Waals surface area contributed by atoms with Gasteiger partial charge < -0.3 is 9.84 Å². The van der Waals surface area contributed by atoms with Gasteiger partial charge in [0.1, 0.15) is 0 Å². The second-order valence-electron chi connectivity index (χ2n) is 8.86. The van der Waals surface area contributed by atoms with E-state index in [1.807, 2.05) is 6.92 Å². The lowest BCUT2D eigenvalue weighted by Gasteiger charge is -2.35. The molecule has 1 aromatic carbocycles. The molecular weight excluding hydrogens is 421 g/mol. The van der Waals surface area contributed by atoms with E-state index < -0.39 is 11.7 Å². The number of hydrogen-bond donors (Lipinski definition) is 1. The van der Waals surface area contributed by atoms with Crippen molar-refractivity contribution in [2.24, 2.45) is 5.92 Å². The molecule has 6 nitrogen and oxygen atoms in total. The maximum Gasteiger partial charge on any atom is 0.416 e. The first-order valence-electron chi connectivity index (χ1n) is 11.4. The minimum absolute atomic E-state index is 0.146. The van der Waals surface area contributed by atoms with Crippen molar-refractivity contribution in [2.45, 2.75) is 70.1 Å². The van der Waals surface area contributed by atoms with Crippen molar-refractivity contribution in [3.05, 3.63) is 35.7 Å². The first kappa shape index (κ1) is 22.8. The fraction of sp³-hybridized carbons (Fsp3) is 0.609. The number of nitrogens with zero attached hydrogens (tertiary/aromatic N) is 3. The lowest BCUT2D eigenvalue weighted by Crippen LogP contribution is -2.47. The summed E-state index contributed by atoms with van der Waals surface area (Å²) < 4.78 is 44.3. The zero-order valence-corrected chi connectivity index (χ0v) is 18.2. The minimum atomic E-state index is -4.42. The number of carbonyl (C=O) groups is 1. The Morgan fingerprint density at radius 3 is 2.56 bits per heavy atom. The molecule has 1 saturated heterocycles. The largest absolute Gasteiger partial charge is 0.416 e. The molecule has 1 unspecified atom stereocenters. The fourth-order valence-electron chi connectivity index (χ4n) is 4.63. The molecule has 1 atom stereocenters. The third kappa shape index (κ3) is 5.31. The third-order valence-corrected chi connectivity index (χ3v) is 6.65. The van der Waals surface area contributed by atoms with Gasteiger partial charge in [-0.15, -0.1) is 0 Å². The maximum atomic E-state index is 13.0. The molecule has 9 heteroatoms. The summed E-state index contributed by atoms with van der Waals surface area (Å²) in [6.07, 6.45) is 2.76. The molecular formula is C23H29F3N4O2. The van der Waals surface area contributed by atoms with Crippen molar-refractivity contribution in [1.29, 1.82) is 0 Å². The van der Waals surface area contributed by atoms with Crippen molar-refractivity contribution in [1.82, 2.24) is 20.4 Å². The second kappa shape index (κ2) is 9.60. The van der Waals surface area contributed by atoms with Crippen molar-refractivity contribution in [3.63, 3.8) is 0 Å². The predicted octanol–water partition coefficient (Wildman–Crippen LogP) is 4.98. The van der Waals surface area contributed by atoms with Gasteiger partial charge in [0.2, 0.25) is 17.6 Å². The summed E-state index contributed by atoms with van der Waals surface area (Å²) in [7, 11) is 0. The number of aromatic nitrogens is 2. The van der Waals surface area contributed by atoms with Crippen LogP contribution in [0.3, 0.4) is 0 Å². The summed E-state index contributed by atoms with van der Waals surface area (Å²) >= 11 is 0. The number of nitrogens with one attached hydrogen (secondary N) is 1. The van der Waals surface area contributed by atoms with Crippen LogP contribution in [0.15, 0.2) is 28.8 Å². The molecule has 0 spiro atoms. The van der Waals surface area contributed by atoms with Crippen LogP contribution in [0.5, 0.6) is 0 Å². The van der Waals surface area contributed by atoms with Crippen LogP contribution in [0.25, 0.3) is 11.4 Å². The zero-order valence-electron chi connectivity index (χ0n) is 18.2. The van der Waals surface area contributed by atoms with Gasteiger partial charge in [-0.25, -0.2) is 0 Å². The van der Waals surface area contributed by atoms with Crippen LogP contribution in [0.2, 0.25) is 0 Å². The number of hydrogen-bond acceptors (Lipinski definition) is 5. The molecule has 2 aliphatic rings. The molecule has 1 N–H and O–H groups in total. The van der Waals surface area contributed by atoms with Gasteiger partial charge in [0.25, 0.3) is 0 Å². The van der Waals surface area contributed by atoms with E-state index in [0.29, 0.717) is 5.89 Å². The number of piperidine rings is 1. The van der Waals surface area contributed by atoms with Crippen molar-refractivity contribution >= 4 is 5.91 Å². The van der Waals surface area contributed by atoms with E-state index in [0.717, 1.165) is 63.7 Å². The van der Waals surface area contributed by atoms with E-state index in [9.17, 15) is 18.0 Å². The molecule has 2 heterocycles. The van der Waals surface area contributed by atoms with Crippen molar-refractivity contribution in [3.8, 4) is 11.4 Å². The number of amides is 1. The van der Waals surface area contributed by atoms with Gasteiger partial charge >= 0.3 is 6.18 Å². The van der Waals surface area contributed by atoms with Crippen LogP contribution in [-0.2, 0) is 11.0 Å². The van der Waals surface area contributed by atoms with E-state index in [1.54, 1.807) is 0 Å². The molecule has 1 amide bonds. The molecule has 0 bridgehead atoms. The summed E-state index contributed by atoms with van der Waals surface area (Å²) in [5, 5.41) is 7.12. The van der Waals surface area contributed by atoms with E-state index in [4.69, 9.17) is 4.52 Å². The van der Waals surface area contributed by atoms with Crippen LogP contribution in [-0.4, -0.2) is 40.1 Å². The molecule has 32 heavy (non-hydrogen) atoms. The summed E-state index contributed by atoms with van der Waals surface area (Å²) in [6.45, 7) is 3.50. The number of alkyl halides is 3. The van der Waals surface area contributed by atoms with Crippen LogP contribution < -0.4 is 5.32 Å². The van der Waals surface area contributed by atoms with Gasteiger partial charge in [-0.1, -0.05) is 36.6 Å². The van der Waals surface area contributed by atoms with Crippen LogP contribution >= 0.6 is 0 Å². The Morgan fingerprint density at radius 1 is 1.16 bits per heavy atom. The summed E-state index contributed by atoms with van der Waals surface area (Å²) in [4.78, 5) is 19.1. The highest BCUT2D eigenvalue weighted by atomic mass is 19.4. The summed E-state index contributed by atoms with van der Waals surface area (Å²) in [5.74, 6) is 0.877. The van der Waals surface area contributed by atoms with Crippen LogP contribution in [0, 0.1) is 5.92 Å². The molecule has 1 aliphatic heterocycles. The Labute approximate surface area is 185 Å². The van der Waals surface area contributed by atoms with Crippen molar-refractivity contribution < 1.29 is 22.5 Å². The Morgan fingerprint density at radius 2 is 1.88 bits per heavy atom. The average molecular weight is 451 g/mol. The van der Waals surface area contributed by atoms with E-state index in [2.05, 4.69) is 20.4 Å². The van der Waals surface area contributed by atoms with E-state index >= 15 is 0 Å². The first-order valence-corrected chi connectivity index (χ1v) is 11.4. The van der Waals surface area contributed by atoms with Crippen molar-refractivity contribution in [2.75, 3.05) is 13.1 Å². The molecule has 4 rings (SSSR count). The van der Waals surface area contributed by atoms with Gasteiger partial charge in [-0.2, -0.15) is 18.2 Å². The molecule has 2 aromatic rings. The molecule has 1 aliphatic carbocycles. The van der Waals surface area contributed by atoms with Crippen LogP contribution in [0.1, 0.15) is 69.4 Å². The zero-order chi connectivity index (χ0) is 22.7. The Kier molecular flexibility index (Phi) is 6.83. The lowest BCUT2D eigenvalue weighted by molar-refractivity contribution is -0.137. The smallest absolute Gasteiger partial charge is 0.353 e. The van der Waals surface area contributed by atoms with Gasteiger partial charge in [0.15, 0.2) is 0 Å². The third-order valence-electron chi connectivity index (χ3n) is 6.65. The normalized spacial score (nSPS) is 20.2. The van der Waals surface area contributed by atoms with E-state index in [-0.39, 0.29) is 35.3 Å². The van der Waals surface area contributed by atoms with Gasteiger partial charge in [0, 0.05) is 30.6 Å². The molecule has 174 valence electrons. The molecule has 1 aromatic heterocycles. The Hall–Kier alpha value is -2.42. The highest BCUT2D eigenvalue weighted by molar-refractivity contribution is 5.79. The summed E-state index contributed by atoms with van der Waals surface area (Å²) in [5.41, 5.74) is -0.474. The van der Waals surface area contributed by atoms with Gasteiger partial charge in [0.05, 0.1) is 11.6 Å². The first-order chi connectivity index (χ1) is 15.3. The van der Waals surface area contributed by atoms with E-state index in [1.165, 1.54) is 18.6 Å². The predicted molar refractivity (Wildman–Crippen MR) is 112 cm³/mol. The highest BCUT2D eigenvalue weighted by Crippen LogP contribution is 2.32. The average Bonchev–Trinajstić information content (AvgIpc) is 3.30. The monoisotopic (exact) mass is 450 g/mol. The number of likely N-dealkylation sites (tertiary alicyclic amines) is 1. The number of rotatable bonds is 5. The quantitative estimate of drug-likeness (QED) is 0.696. The summed E-state index contributed by atoms with van der Waals surface area (Å²) in [6, 6.07) is 4.94. The van der Waals surface area contributed by atoms with Crippen LogP contribution in [0.4, 0.5) is 13.2 Å². The Balaban J connectivity index is 1.33. The standard InChI is InChI=1S/C23H29F3N4O2/c1-15(22-28-20(29-32-22)17-8-5-9-18(14-17)23(24,25)26)30-12-10-19(11-13-30)27-21(31)16-6-3-2-4-7-16/h5,8-9,14-16,19H,2-4,6-7,10-13H2,1H3,(H,27,31). The van der Waals surface area contributed by atoms with Gasteiger partial charge in [-0.3, -0.25) is 9.69 Å². The molecule has 0 radical (unpaired) electrons. The minimum Gasteiger partial charge on any atom is -0.353 e.